The van der Waals surface area contributed by atoms with Crippen LogP contribution in [0.5, 0.6) is 0 Å². The molecule has 1 atom stereocenters. The van der Waals surface area contributed by atoms with Gasteiger partial charge in [-0.2, -0.15) is 13.2 Å². The van der Waals surface area contributed by atoms with Gasteiger partial charge in [0.1, 0.15) is 5.82 Å². The molecule has 1 unspecified atom stereocenters. The molecule has 0 aromatic heterocycles. The number of halogens is 4. The first-order valence-electron chi connectivity index (χ1n) is 6.83. The van der Waals surface area contributed by atoms with Gasteiger partial charge in [-0.1, -0.05) is 12.1 Å². The molecule has 0 aliphatic carbocycles. The molecule has 2 N–H and O–H groups in total. The molecule has 1 aromatic carbocycles. The first-order valence-corrected chi connectivity index (χ1v) is 6.83. The van der Waals surface area contributed by atoms with Gasteiger partial charge in [-0.25, -0.2) is 4.39 Å². The van der Waals surface area contributed by atoms with Gasteiger partial charge >= 0.3 is 6.18 Å². The third-order valence-electron chi connectivity index (χ3n) is 2.96. The molecule has 1 aromatic rings. The lowest BCUT2D eigenvalue weighted by Crippen LogP contribution is -2.44. The van der Waals surface area contributed by atoms with Crippen molar-refractivity contribution < 1.29 is 17.6 Å². The van der Waals surface area contributed by atoms with Gasteiger partial charge in [-0.05, 0) is 33.8 Å². The minimum absolute atomic E-state index is 0.0122. The Balaban J connectivity index is 2.64. The zero-order valence-electron chi connectivity index (χ0n) is 12.7. The number of benzene rings is 1. The van der Waals surface area contributed by atoms with Gasteiger partial charge < -0.3 is 10.6 Å². The first-order chi connectivity index (χ1) is 9.50. The van der Waals surface area contributed by atoms with Gasteiger partial charge in [0.2, 0.25) is 0 Å². The molecular formula is C15H22F4N2. The molecule has 0 heterocycles. The number of hydrogen-bond donors (Lipinski definition) is 2. The van der Waals surface area contributed by atoms with Crippen LogP contribution in [0.2, 0.25) is 0 Å². The second kappa shape index (κ2) is 6.75. The Labute approximate surface area is 122 Å². The highest BCUT2D eigenvalue weighted by atomic mass is 19.4. The van der Waals surface area contributed by atoms with Crippen LogP contribution in [0.1, 0.15) is 38.8 Å². The summed E-state index contributed by atoms with van der Waals surface area (Å²) in [6.07, 6.45) is -4.67. The molecule has 21 heavy (non-hydrogen) atoms. The highest BCUT2D eigenvalue weighted by molar-refractivity contribution is 5.28. The van der Waals surface area contributed by atoms with Gasteiger partial charge in [0.15, 0.2) is 0 Å². The maximum Gasteiger partial charge on any atom is 0.419 e. The molecule has 0 saturated carbocycles. The van der Waals surface area contributed by atoms with E-state index in [1.807, 2.05) is 27.7 Å². The van der Waals surface area contributed by atoms with Gasteiger partial charge in [-0.15, -0.1) is 0 Å². The van der Waals surface area contributed by atoms with E-state index in [9.17, 15) is 17.6 Å². The maximum atomic E-state index is 13.8. The molecule has 0 radical (unpaired) electrons. The van der Waals surface area contributed by atoms with E-state index in [1.54, 1.807) is 0 Å². The van der Waals surface area contributed by atoms with E-state index in [1.165, 1.54) is 12.1 Å². The molecule has 0 bridgehead atoms. The second-order valence-corrected chi connectivity index (χ2v) is 6.19. The van der Waals surface area contributed by atoms with Crippen LogP contribution in [0.15, 0.2) is 18.2 Å². The van der Waals surface area contributed by atoms with Crippen molar-refractivity contribution in [1.82, 2.24) is 10.6 Å². The van der Waals surface area contributed by atoms with Crippen LogP contribution in [0, 0.1) is 5.82 Å². The molecule has 0 fully saturated rings. The quantitative estimate of drug-likeness (QED) is 0.810. The third kappa shape index (κ3) is 6.01. The van der Waals surface area contributed by atoms with E-state index in [-0.39, 0.29) is 23.7 Å². The molecule has 0 saturated heterocycles. The Bertz CT molecular complexity index is 464. The predicted molar refractivity (Wildman–Crippen MR) is 75.5 cm³/mol. The van der Waals surface area contributed by atoms with Crippen LogP contribution >= 0.6 is 0 Å². The Kier molecular flexibility index (Phi) is 5.75. The molecule has 0 amide bonds. The zero-order chi connectivity index (χ0) is 16.3. The first kappa shape index (κ1) is 17.9. The van der Waals surface area contributed by atoms with Crippen LogP contribution in [0.4, 0.5) is 17.6 Å². The minimum Gasteiger partial charge on any atom is -0.311 e. The lowest BCUT2D eigenvalue weighted by molar-refractivity contribution is -0.140. The summed E-state index contributed by atoms with van der Waals surface area (Å²) in [5, 5.41) is 6.29. The average molecular weight is 306 g/mol. The third-order valence-corrected chi connectivity index (χ3v) is 2.96. The van der Waals surface area contributed by atoms with Crippen molar-refractivity contribution in [1.29, 1.82) is 0 Å². The van der Waals surface area contributed by atoms with Gasteiger partial charge in [0, 0.05) is 30.2 Å². The molecule has 6 heteroatoms. The van der Waals surface area contributed by atoms with Crippen LogP contribution in [0.3, 0.4) is 0 Å². The lowest BCUT2D eigenvalue weighted by Gasteiger charge is -2.24. The van der Waals surface area contributed by atoms with Crippen molar-refractivity contribution in [2.75, 3.05) is 6.54 Å². The fourth-order valence-corrected chi connectivity index (χ4v) is 1.75. The predicted octanol–water partition coefficient (Wildman–Crippen LogP) is 3.71. The van der Waals surface area contributed by atoms with Crippen LogP contribution in [0.25, 0.3) is 0 Å². The van der Waals surface area contributed by atoms with Crippen molar-refractivity contribution in [3.8, 4) is 0 Å². The Morgan fingerprint density at radius 2 is 1.76 bits per heavy atom. The smallest absolute Gasteiger partial charge is 0.311 e. The summed E-state index contributed by atoms with van der Waals surface area (Å²) < 4.78 is 51.6. The molecule has 0 aliphatic heterocycles. The summed E-state index contributed by atoms with van der Waals surface area (Å²) in [4.78, 5) is 0. The average Bonchev–Trinajstić information content (AvgIpc) is 2.32. The second-order valence-electron chi connectivity index (χ2n) is 6.19. The molecule has 2 nitrogen and oxygen atoms in total. The van der Waals surface area contributed by atoms with E-state index in [0.717, 1.165) is 6.07 Å². The fourth-order valence-electron chi connectivity index (χ4n) is 1.75. The summed E-state index contributed by atoms with van der Waals surface area (Å²) in [7, 11) is 0. The van der Waals surface area contributed by atoms with Crippen molar-refractivity contribution in [3.63, 3.8) is 0 Å². The standard InChI is InChI=1S/C15H22F4N2/c1-10(8-21-14(2,3)4)20-9-11-6-5-7-12(13(11)16)15(17,18)19/h5-7,10,20-21H,8-9H2,1-4H3. The molecule has 0 aliphatic rings. The van der Waals surface area contributed by atoms with Gasteiger partial charge in [0.05, 0.1) is 5.56 Å². The number of hydrogen-bond acceptors (Lipinski definition) is 2. The number of nitrogens with one attached hydrogen (secondary N) is 2. The SMILES string of the molecule is CC(CNC(C)(C)C)NCc1cccc(C(F)(F)F)c1F. The topological polar surface area (TPSA) is 24.1 Å². The highest BCUT2D eigenvalue weighted by Crippen LogP contribution is 2.32. The van der Waals surface area contributed by atoms with E-state index in [0.29, 0.717) is 6.54 Å². The van der Waals surface area contributed by atoms with E-state index in [2.05, 4.69) is 10.6 Å². The Morgan fingerprint density at radius 1 is 1.14 bits per heavy atom. The Morgan fingerprint density at radius 3 is 2.29 bits per heavy atom. The monoisotopic (exact) mass is 306 g/mol. The maximum absolute atomic E-state index is 13.8. The zero-order valence-corrected chi connectivity index (χ0v) is 12.7. The van der Waals surface area contributed by atoms with Crippen molar-refractivity contribution in [2.24, 2.45) is 0 Å². The highest BCUT2D eigenvalue weighted by Gasteiger charge is 2.34. The number of rotatable bonds is 5. The molecule has 1 rings (SSSR count). The van der Waals surface area contributed by atoms with Gasteiger partial charge in [0.25, 0.3) is 0 Å². The van der Waals surface area contributed by atoms with Crippen molar-refractivity contribution in [3.05, 3.63) is 35.1 Å². The van der Waals surface area contributed by atoms with Crippen LogP contribution < -0.4 is 10.6 Å². The summed E-state index contributed by atoms with van der Waals surface area (Å²) in [6, 6.07) is 3.35. The van der Waals surface area contributed by atoms with Crippen LogP contribution in [-0.2, 0) is 12.7 Å². The molecular weight excluding hydrogens is 284 g/mol. The van der Waals surface area contributed by atoms with E-state index >= 15 is 0 Å². The van der Waals surface area contributed by atoms with E-state index < -0.39 is 17.6 Å². The largest absolute Gasteiger partial charge is 0.419 e. The minimum atomic E-state index is -4.67. The van der Waals surface area contributed by atoms with E-state index in [4.69, 9.17) is 0 Å². The summed E-state index contributed by atoms with van der Waals surface area (Å²) in [6.45, 7) is 8.65. The van der Waals surface area contributed by atoms with Gasteiger partial charge in [-0.3, -0.25) is 0 Å². The lowest BCUT2D eigenvalue weighted by atomic mass is 10.1. The summed E-state index contributed by atoms with van der Waals surface area (Å²) in [5.74, 6) is -1.20. The van der Waals surface area contributed by atoms with Crippen LogP contribution in [-0.4, -0.2) is 18.1 Å². The molecule has 120 valence electrons. The Hall–Kier alpha value is -1.14. The normalized spacial score (nSPS) is 14.3. The van der Waals surface area contributed by atoms with Crippen molar-refractivity contribution >= 4 is 0 Å². The summed E-state index contributed by atoms with van der Waals surface area (Å²) >= 11 is 0. The summed E-state index contributed by atoms with van der Waals surface area (Å²) in [5.41, 5.74) is -1.24. The molecule has 0 spiro atoms. The number of alkyl halides is 3. The van der Waals surface area contributed by atoms with Crippen molar-refractivity contribution in [2.45, 2.75) is 52.0 Å². The fraction of sp³-hybridized carbons (Fsp3) is 0.600.